The summed E-state index contributed by atoms with van der Waals surface area (Å²) in [4.78, 5) is 13.0. The molecule has 0 aromatic heterocycles. The lowest BCUT2D eigenvalue weighted by Gasteiger charge is -2.57. The van der Waals surface area contributed by atoms with Crippen molar-refractivity contribution >= 4 is 15.9 Å². The molecule has 0 aromatic carbocycles. The predicted octanol–water partition coefficient (Wildman–Crippen LogP) is 7.08. The molecule has 204 valence electrons. The van der Waals surface area contributed by atoms with Gasteiger partial charge in [-0.15, -0.1) is 0 Å². The molecular formula is C25H32F6O4S. The molecule has 0 aliphatic heterocycles. The van der Waals surface area contributed by atoms with Gasteiger partial charge in [-0.1, -0.05) is 26.8 Å². The Morgan fingerprint density at radius 1 is 1.08 bits per heavy atom. The van der Waals surface area contributed by atoms with Gasteiger partial charge in [-0.25, -0.2) is 0 Å². The molecule has 0 bridgehead atoms. The number of rotatable bonds is 5. The van der Waals surface area contributed by atoms with Gasteiger partial charge in [0, 0.05) is 18.8 Å². The van der Waals surface area contributed by atoms with E-state index in [1.807, 2.05) is 19.9 Å². The lowest BCUT2D eigenvalue weighted by molar-refractivity contribution is -0.175. The van der Waals surface area contributed by atoms with E-state index in [1.165, 1.54) is 6.08 Å². The number of alkyl halides is 6. The van der Waals surface area contributed by atoms with Crippen molar-refractivity contribution in [2.75, 3.05) is 0 Å². The van der Waals surface area contributed by atoms with Crippen molar-refractivity contribution in [3.8, 4) is 0 Å². The van der Waals surface area contributed by atoms with Crippen molar-refractivity contribution in [3.63, 3.8) is 0 Å². The minimum absolute atomic E-state index is 0.0603. The molecule has 7 atom stereocenters. The van der Waals surface area contributed by atoms with Crippen molar-refractivity contribution in [1.29, 1.82) is 0 Å². The molecule has 0 heterocycles. The second kappa shape index (κ2) is 8.76. The fourth-order valence-electron chi connectivity index (χ4n) is 7.64. The predicted molar refractivity (Wildman–Crippen MR) is 120 cm³/mol. The standard InChI is InChI=1S/C25H32F6O4S/c1-14(24(26,27)28)12-21(32)20-7-6-18-17-5-4-15-13-16(35-36(33,34)25(29,30)31)8-10-22(15,2)19(17)9-11-23(18,20)3/h4,13-14,17-20H,5-12H2,1-3H3/t14?,17-,18-,19-,20+,22-,23-/m0/s1. The van der Waals surface area contributed by atoms with Crippen molar-refractivity contribution < 1.29 is 43.7 Å². The van der Waals surface area contributed by atoms with E-state index in [9.17, 15) is 39.6 Å². The highest BCUT2D eigenvalue weighted by Crippen LogP contribution is 2.66. The van der Waals surface area contributed by atoms with Gasteiger partial charge >= 0.3 is 21.8 Å². The molecule has 4 rings (SSSR count). The molecule has 2 fully saturated rings. The van der Waals surface area contributed by atoms with Crippen LogP contribution in [0.1, 0.15) is 72.1 Å². The number of hydrogen-bond donors (Lipinski definition) is 0. The lowest BCUT2D eigenvalue weighted by atomic mass is 9.48. The van der Waals surface area contributed by atoms with Gasteiger partial charge in [0.25, 0.3) is 0 Å². The zero-order chi connectivity index (χ0) is 26.9. The Hall–Kier alpha value is -1.52. The summed E-state index contributed by atoms with van der Waals surface area (Å²) in [6.45, 7) is 5.14. The smallest absolute Gasteiger partial charge is 0.381 e. The van der Waals surface area contributed by atoms with Gasteiger partial charge in [-0.3, -0.25) is 4.79 Å². The maximum atomic E-state index is 13.1. The third kappa shape index (κ3) is 4.51. The molecule has 11 heteroatoms. The summed E-state index contributed by atoms with van der Waals surface area (Å²) in [5, 5.41) is 0. The quantitative estimate of drug-likeness (QED) is 0.212. The van der Waals surface area contributed by atoms with Gasteiger partial charge in [-0.2, -0.15) is 34.8 Å². The van der Waals surface area contributed by atoms with Crippen molar-refractivity contribution in [3.05, 3.63) is 23.5 Å². The van der Waals surface area contributed by atoms with Gasteiger partial charge in [-0.05, 0) is 78.8 Å². The van der Waals surface area contributed by atoms with Gasteiger partial charge in [0.15, 0.2) is 0 Å². The van der Waals surface area contributed by atoms with E-state index in [-0.39, 0.29) is 46.5 Å². The maximum absolute atomic E-state index is 13.1. The highest BCUT2D eigenvalue weighted by Gasteiger charge is 2.60. The summed E-state index contributed by atoms with van der Waals surface area (Å²) in [6.07, 6.45) is 2.40. The van der Waals surface area contributed by atoms with E-state index in [1.54, 1.807) is 0 Å². The largest absolute Gasteiger partial charge is 0.534 e. The Balaban J connectivity index is 1.54. The first-order chi connectivity index (χ1) is 16.4. The van der Waals surface area contributed by atoms with Crippen LogP contribution in [0.25, 0.3) is 0 Å². The van der Waals surface area contributed by atoms with Crippen LogP contribution in [-0.4, -0.2) is 25.9 Å². The molecule has 1 unspecified atom stereocenters. The van der Waals surface area contributed by atoms with Gasteiger partial charge in [0.1, 0.15) is 11.5 Å². The van der Waals surface area contributed by atoms with Gasteiger partial charge in [0.05, 0.1) is 5.92 Å². The number of ketones is 1. The minimum atomic E-state index is -5.73. The third-order valence-electron chi connectivity index (χ3n) is 9.69. The maximum Gasteiger partial charge on any atom is 0.534 e. The number of Topliss-reactive ketones (excluding diaryl/α,β-unsaturated/α-hetero) is 1. The number of halogens is 6. The van der Waals surface area contributed by atoms with Crippen LogP contribution in [0.15, 0.2) is 23.5 Å². The SMILES string of the molecule is CC(CC(=O)[C@H]1CC[C@H]2[C@@H]3CC=C4C=C(OS(=O)(=O)C(F)(F)F)CC[C@]4(C)[C@H]3CC[C@]12C)C(F)(F)F. The van der Waals surface area contributed by atoms with E-state index in [0.29, 0.717) is 25.7 Å². The molecule has 0 aromatic rings. The van der Waals surface area contributed by atoms with E-state index in [4.69, 9.17) is 0 Å². The van der Waals surface area contributed by atoms with Gasteiger partial charge in [0.2, 0.25) is 0 Å². The Kier molecular flexibility index (Phi) is 6.70. The van der Waals surface area contributed by atoms with E-state index < -0.39 is 40.1 Å². The van der Waals surface area contributed by atoms with Crippen LogP contribution in [0.2, 0.25) is 0 Å². The Bertz CT molecular complexity index is 1080. The first-order valence-corrected chi connectivity index (χ1v) is 13.8. The molecule has 0 N–H and O–H groups in total. The molecule has 0 radical (unpaired) electrons. The summed E-state index contributed by atoms with van der Waals surface area (Å²) in [6, 6.07) is 0. The van der Waals surface area contributed by atoms with E-state index in [0.717, 1.165) is 25.3 Å². The molecule has 0 saturated heterocycles. The highest BCUT2D eigenvalue weighted by molar-refractivity contribution is 7.87. The second-order valence-corrected chi connectivity index (χ2v) is 13.1. The molecular weight excluding hydrogens is 510 g/mol. The monoisotopic (exact) mass is 542 g/mol. The molecule has 2 saturated carbocycles. The fourth-order valence-corrected chi connectivity index (χ4v) is 8.15. The number of hydrogen-bond acceptors (Lipinski definition) is 4. The molecule has 36 heavy (non-hydrogen) atoms. The molecule has 0 amide bonds. The van der Waals surface area contributed by atoms with Crippen molar-refractivity contribution in [1.82, 2.24) is 0 Å². The summed E-state index contributed by atoms with van der Waals surface area (Å²) < 4.78 is 105. The van der Waals surface area contributed by atoms with Gasteiger partial charge < -0.3 is 4.18 Å². The first-order valence-electron chi connectivity index (χ1n) is 12.4. The minimum Gasteiger partial charge on any atom is -0.381 e. The average Bonchev–Trinajstić information content (AvgIpc) is 3.09. The number of carbonyl (C=O) groups excluding carboxylic acids is 1. The van der Waals surface area contributed by atoms with Crippen LogP contribution in [0, 0.1) is 40.4 Å². The Morgan fingerprint density at radius 2 is 1.75 bits per heavy atom. The summed E-state index contributed by atoms with van der Waals surface area (Å²) in [7, 11) is -5.73. The van der Waals surface area contributed by atoms with Crippen molar-refractivity contribution in [2.45, 2.75) is 83.8 Å². The number of allylic oxidation sites excluding steroid dienone is 4. The highest BCUT2D eigenvalue weighted by atomic mass is 32.2. The summed E-state index contributed by atoms with van der Waals surface area (Å²) >= 11 is 0. The van der Waals surface area contributed by atoms with Crippen LogP contribution >= 0.6 is 0 Å². The first kappa shape index (κ1) is 27.5. The second-order valence-electron chi connectivity index (χ2n) is 11.6. The molecule has 4 aliphatic carbocycles. The van der Waals surface area contributed by atoms with Crippen molar-refractivity contribution in [2.24, 2.45) is 40.4 Å². The Labute approximate surface area is 207 Å². The Morgan fingerprint density at radius 3 is 2.36 bits per heavy atom. The third-order valence-corrected chi connectivity index (χ3v) is 10.7. The molecule has 0 spiro atoms. The van der Waals surface area contributed by atoms with Crippen LogP contribution in [-0.2, 0) is 19.1 Å². The summed E-state index contributed by atoms with van der Waals surface area (Å²) in [5.74, 6) is -2.02. The fraction of sp³-hybridized carbons (Fsp3) is 0.800. The number of fused-ring (bicyclic) bond motifs is 5. The molecule has 4 aliphatic rings. The zero-order valence-electron chi connectivity index (χ0n) is 20.5. The topological polar surface area (TPSA) is 60.4 Å². The number of carbonyl (C=O) groups is 1. The van der Waals surface area contributed by atoms with Crippen LogP contribution in [0.4, 0.5) is 26.3 Å². The summed E-state index contributed by atoms with van der Waals surface area (Å²) in [5.41, 5.74) is -5.46. The van der Waals surface area contributed by atoms with Crippen LogP contribution < -0.4 is 0 Å². The normalized spacial score (nSPS) is 37.7. The van der Waals surface area contributed by atoms with Crippen LogP contribution in [0.3, 0.4) is 0 Å². The zero-order valence-corrected chi connectivity index (χ0v) is 21.3. The lowest BCUT2D eigenvalue weighted by Crippen LogP contribution is -2.50. The molecule has 4 nitrogen and oxygen atoms in total. The van der Waals surface area contributed by atoms with E-state index >= 15 is 0 Å². The van der Waals surface area contributed by atoms with Crippen LogP contribution in [0.5, 0.6) is 0 Å². The average molecular weight is 543 g/mol. The van der Waals surface area contributed by atoms with E-state index in [2.05, 4.69) is 4.18 Å².